The quantitative estimate of drug-likeness (QED) is 0.408. The van der Waals surface area contributed by atoms with E-state index in [1.165, 1.54) is 77.7 Å². The van der Waals surface area contributed by atoms with Crippen LogP contribution in [0.5, 0.6) is 0 Å². The second-order valence-corrected chi connectivity index (χ2v) is 13.5. The summed E-state index contributed by atoms with van der Waals surface area (Å²) in [4.78, 5) is 12.3. The third kappa shape index (κ3) is 4.43. The van der Waals surface area contributed by atoms with Gasteiger partial charge >= 0.3 is 5.97 Å². The number of fused-ring (bicyclic) bond motifs is 5. The first-order valence-electron chi connectivity index (χ1n) is 14.5. The van der Waals surface area contributed by atoms with Crippen LogP contribution in [0.15, 0.2) is 0 Å². The fourth-order valence-electron chi connectivity index (χ4n) is 9.95. The lowest BCUT2D eigenvalue weighted by atomic mass is 9.44. The highest BCUT2D eigenvalue weighted by Gasteiger charge is 2.60. The van der Waals surface area contributed by atoms with Crippen molar-refractivity contribution in [1.82, 2.24) is 5.32 Å². The van der Waals surface area contributed by atoms with E-state index in [1.54, 1.807) is 0 Å². The van der Waals surface area contributed by atoms with Gasteiger partial charge in [-0.15, -0.1) is 0 Å². The number of nitrogens with one attached hydrogen (secondary N) is 1. The van der Waals surface area contributed by atoms with Gasteiger partial charge in [0.1, 0.15) is 6.04 Å². The SMILES string of the molecule is CCC[C@@H](C)[C@H]1CCC2C3CCC4CC(N[C@H](C(=O)OC)C(C)C)CC[C@]4(C)C3CC[C@@]21C. The van der Waals surface area contributed by atoms with Crippen LogP contribution >= 0.6 is 0 Å². The van der Waals surface area contributed by atoms with Gasteiger partial charge in [0, 0.05) is 6.04 Å². The molecule has 0 bridgehead atoms. The first-order valence-corrected chi connectivity index (χ1v) is 14.5. The lowest BCUT2D eigenvalue weighted by Crippen LogP contribution is -2.56. The Bertz CT molecular complexity index is 691. The lowest BCUT2D eigenvalue weighted by Gasteiger charge is -2.61. The predicted octanol–water partition coefficient (Wildman–Crippen LogP) is 7.24. The number of ether oxygens (including phenoxy) is 1. The predicted molar refractivity (Wildman–Crippen MR) is 137 cm³/mol. The zero-order chi connectivity index (χ0) is 24.0. The van der Waals surface area contributed by atoms with E-state index in [-0.39, 0.29) is 17.9 Å². The molecule has 0 heterocycles. The van der Waals surface area contributed by atoms with Crippen molar-refractivity contribution in [2.45, 2.75) is 124 Å². The van der Waals surface area contributed by atoms with Crippen molar-refractivity contribution in [2.75, 3.05) is 7.11 Å². The van der Waals surface area contributed by atoms with Gasteiger partial charge in [0.2, 0.25) is 0 Å². The maximum absolute atomic E-state index is 12.3. The molecule has 5 unspecified atom stereocenters. The summed E-state index contributed by atoms with van der Waals surface area (Å²) in [5, 5.41) is 3.73. The molecule has 3 heteroatoms. The summed E-state index contributed by atoms with van der Waals surface area (Å²) in [6.45, 7) is 14.5. The van der Waals surface area contributed by atoms with Crippen LogP contribution in [0.2, 0.25) is 0 Å². The topological polar surface area (TPSA) is 38.3 Å². The molecule has 4 fully saturated rings. The molecule has 0 saturated heterocycles. The van der Waals surface area contributed by atoms with Crippen molar-refractivity contribution in [2.24, 2.45) is 52.3 Å². The highest BCUT2D eigenvalue weighted by atomic mass is 16.5. The first kappa shape index (κ1) is 25.5. The van der Waals surface area contributed by atoms with Crippen molar-refractivity contribution in [1.29, 1.82) is 0 Å². The van der Waals surface area contributed by atoms with Gasteiger partial charge in [-0.3, -0.25) is 4.79 Å². The molecule has 3 nitrogen and oxygen atoms in total. The zero-order valence-electron chi connectivity index (χ0n) is 22.8. The van der Waals surface area contributed by atoms with Crippen molar-refractivity contribution < 1.29 is 9.53 Å². The molecular formula is C30H53NO2. The first-order chi connectivity index (χ1) is 15.7. The Hall–Kier alpha value is -0.570. The van der Waals surface area contributed by atoms with Crippen LogP contribution in [0.25, 0.3) is 0 Å². The Kier molecular flexibility index (Phi) is 7.60. The Morgan fingerprint density at radius 1 is 0.970 bits per heavy atom. The average molecular weight is 460 g/mol. The third-order valence-electron chi connectivity index (χ3n) is 11.7. The second-order valence-electron chi connectivity index (χ2n) is 13.5. The van der Waals surface area contributed by atoms with Crippen LogP contribution in [0.3, 0.4) is 0 Å². The highest BCUT2D eigenvalue weighted by Crippen LogP contribution is 2.68. The Morgan fingerprint density at radius 3 is 2.33 bits per heavy atom. The number of carbonyl (C=O) groups is 1. The maximum Gasteiger partial charge on any atom is 0.323 e. The minimum Gasteiger partial charge on any atom is -0.468 e. The fourth-order valence-corrected chi connectivity index (χ4v) is 9.95. The van der Waals surface area contributed by atoms with E-state index in [0.717, 1.165) is 35.5 Å². The van der Waals surface area contributed by atoms with E-state index in [0.29, 0.717) is 16.9 Å². The number of esters is 1. The van der Waals surface area contributed by atoms with Gasteiger partial charge in [0.15, 0.2) is 0 Å². The van der Waals surface area contributed by atoms with E-state index >= 15 is 0 Å². The monoisotopic (exact) mass is 459 g/mol. The van der Waals surface area contributed by atoms with Gasteiger partial charge in [-0.2, -0.15) is 0 Å². The molecule has 0 amide bonds. The molecule has 0 aliphatic heterocycles. The normalized spacial score (nSPS) is 44.5. The molecule has 0 aromatic carbocycles. The van der Waals surface area contributed by atoms with E-state index in [1.807, 2.05) is 0 Å². The minimum absolute atomic E-state index is 0.0956. The molecule has 4 aliphatic rings. The average Bonchev–Trinajstić information content (AvgIpc) is 3.14. The smallest absolute Gasteiger partial charge is 0.323 e. The summed E-state index contributed by atoms with van der Waals surface area (Å²) in [7, 11) is 1.52. The van der Waals surface area contributed by atoms with E-state index in [4.69, 9.17) is 4.74 Å². The van der Waals surface area contributed by atoms with Gasteiger partial charge < -0.3 is 10.1 Å². The largest absolute Gasteiger partial charge is 0.468 e. The van der Waals surface area contributed by atoms with Gasteiger partial charge in [-0.1, -0.05) is 54.4 Å². The minimum atomic E-state index is -0.170. The molecule has 0 spiro atoms. The van der Waals surface area contributed by atoms with Crippen LogP contribution in [0.1, 0.15) is 112 Å². The van der Waals surface area contributed by atoms with Crippen LogP contribution in [0.4, 0.5) is 0 Å². The fraction of sp³-hybridized carbons (Fsp3) is 0.967. The number of methoxy groups -OCH3 is 1. The van der Waals surface area contributed by atoms with Crippen LogP contribution in [0, 0.1) is 52.3 Å². The summed E-state index contributed by atoms with van der Waals surface area (Å²) < 4.78 is 5.10. The van der Waals surface area contributed by atoms with Crippen LogP contribution in [-0.2, 0) is 9.53 Å². The molecule has 190 valence electrons. The van der Waals surface area contributed by atoms with E-state index in [2.05, 4.69) is 46.9 Å². The maximum atomic E-state index is 12.3. The third-order valence-corrected chi connectivity index (χ3v) is 11.7. The number of hydrogen-bond acceptors (Lipinski definition) is 3. The molecule has 10 atom stereocenters. The summed E-state index contributed by atoms with van der Waals surface area (Å²) in [5.74, 6) is 5.71. The molecule has 1 N–H and O–H groups in total. The summed E-state index contributed by atoms with van der Waals surface area (Å²) in [6.07, 6.45) is 15.3. The number of hydrogen-bond donors (Lipinski definition) is 1. The van der Waals surface area contributed by atoms with Gasteiger partial charge in [0.25, 0.3) is 0 Å². The molecule has 0 aromatic rings. The van der Waals surface area contributed by atoms with Gasteiger partial charge in [0.05, 0.1) is 7.11 Å². The van der Waals surface area contributed by atoms with Crippen molar-refractivity contribution >= 4 is 5.97 Å². The van der Waals surface area contributed by atoms with Crippen molar-refractivity contribution in [3.05, 3.63) is 0 Å². The Labute approximate surface area is 204 Å². The van der Waals surface area contributed by atoms with E-state index < -0.39 is 0 Å². The number of rotatable bonds is 7. The molecule has 33 heavy (non-hydrogen) atoms. The van der Waals surface area contributed by atoms with Gasteiger partial charge in [-0.25, -0.2) is 0 Å². The van der Waals surface area contributed by atoms with Crippen LogP contribution in [-0.4, -0.2) is 25.2 Å². The highest BCUT2D eigenvalue weighted by molar-refractivity contribution is 5.76. The standard InChI is InChI=1S/C30H53NO2/c1-8-9-20(4)24-12-13-25-23-11-10-21-18-22(31-27(19(2)3)28(32)33-7)14-16-29(21,5)26(23)15-17-30(24,25)6/h19-27,31H,8-18H2,1-7H3/t20-,21?,22?,23?,24-,25?,26?,27+,29+,30-/m1/s1. The molecular weight excluding hydrogens is 406 g/mol. The molecule has 0 radical (unpaired) electrons. The number of carbonyl (C=O) groups excluding carboxylic acids is 1. The van der Waals surface area contributed by atoms with Crippen molar-refractivity contribution in [3.8, 4) is 0 Å². The van der Waals surface area contributed by atoms with Crippen LogP contribution < -0.4 is 5.32 Å². The molecule has 4 aliphatic carbocycles. The second kappa shape index (κ2) is 9.82. The Balaban J connectivity index is 1.45. The lowest BCUT2D eigenvalue weighted by molar-refractivity contribution is -0.145. The van der Waals surface area contributed by atoms with Gasteiger partial charge in [-0.05, 0) is 110 Å². The zero-order valence-corrected chi connectivity index (χ0v) is 22.8. The van der Waals surface area contributed by atoms with Crippen molar-refractivity contribution in [3.63, 3.8) is 0 Å². The molecule has 4 saturated carbocycles. The molecule has 0 aromatic heterocycles. The summed E-state index contributed by atoms with van der Waals surface area (Å²) >= 11 is 0. The van der Waals surface area contributed by atoms with E-state index in [9.17, 15) is 4.79 Å². The summed E-state index contributed by atoms with van der Waals surface area (Å²) in [6, 6.07) is 0.294. The molecule has 4 rings (SSSR count). The summed E-state index contributed by atoms with van der Waals surface area (Å²) in [5.41, 5.74) is 1.11. The Morgan fingerprint density at radius 2 is 1.67 bits per heavy atom.